The summed E-state index contributed by atoms with van der Waals surface area (Å²) in [5.74, 6) is 0.380. The molecule has 0 fully saturated rings. The lowest BCUT2D eigenvalue weighted by atomic mass is 10.1. The van der Waals surface area contributed by atoms with Crippen molar-refractivity contribution >= 4 is 0 Å². The maximum atomic E-state index is 8.29. The summed E-state index contributed by atoms with van der Waals surface area (Å²) in [6, 6.07) is 0. The molecule has 0 aromatic carbocycles. The molecule has 0 aliphatic heterocycles. The molecule has 0 aliphatic carbocycles. The van der Waals surface area contributed by atoms with E-state index < -0.39 is 0 Å². The lowest BCUT2D eigenvalue weighted by Crippen LogP contribution is -1.96. The molecule has 1 heteroatoms. The lowest BCUT2D eigenvalue weighted by Gasteiger charge is -1.97. The van der Waals surface area contributed by atoms with Crippen LogP contribution in [0.4, 0.5) is 0 Å². The van der Waals surface area contributed by atoms with Gasteiger partial charge >= 0.3 is 0 Å². The Kier molecular flexibility index (Phi) is 3.14. The molecule has 0 aromatic heterocycles. The van der Waals surface area contributed by atoms with E-state index in [0.29, 0.717) is 5.92 Å². The first-order chi connectivity index (χ1) is 2.81. The summed E-state index contributed by atoms with van der Waals surface area (Å²) < 4.78 is 0. The average Bonchev–Trinajstić information content (AvgIpc) is 1.65. The molecule has 1 radical (unpaired) electrons. The second-order valence-electron chi connectivity index (χ2n) is 1.58. The summed E-state index contributed by atoms with van der Waals surface area (Å²) in [6.07, 6.45) is 0.830. The Morgan fingerprint density at radius 1 is 1.83 bits per heavy atom. The van der Waals surface area contributed by atoms with Crippen LogP contribution in [0.1, 0.15) is 13.3 Å². The van der Waals surface area contributed by atoms with Gasteiger partial charge in [0, 0.05) is 6.61 Å². The van der Waals surface area contributed by atoms with Gasteiger partial charge in [-0.1, -0.05) is 13.8 Å². The van der Waals surface area contributed by atoms with Crippen LogP contribution >= 0.6 is 0 Å². The largest absolute Gasteiger partial charge is 0.396 e. The number of aliphatic hydroxyl groups excluding tert-OH is 1. The van der Waals surface area contributed by atoms with Crippen molar-refractivity contribution in [1.29, 1.82) is 0 Å². The fourth-order valence-corrected chi connectivity index (χ4v) is 0.0913. The molecule has 0 bridgehead atoms. The fraction of sp³-hybridized carbons (Fsp3) is 0.800. The van der Waals surface area contributed by atoms with Crippen molar-refractivity contribution in [2.24, 2.45) is 5.92 Å². The van der Waals surface area contributed by atoms with Gasteiger partial charge in [-0.2, -0.15) is 0 Å². The molecule has 0 heterocycles. The van der Waals surface area contributed by atoms with Crippen molar-refractivity contribution in [3.05, 3.63) is 6.92 Å². The van der Waals surface area contributed by atoms with Gasteiger partial charge in [0.25, 0.3) is 0 Å². The molecule has 6 heavy (non-hydrogen) atoms. The van der Waals surface area contributed by atoms with Crippen LogP contribution in [0.2, 0.25) is 0 Å². The zero-order valence-corrected chi connectivity index (χ0v) is 4.15. The summed E-state index contributed by atoms with van der Waals surface area (Å²) in [7, 11) is 0. The van der Waals surface area contributed by atoms with E-state index in [2.05, 4.69) is 6.92 Å². The summed E-state index contributed by atoms with van der Waals surface area (Å²) in [5, 5.41) is 8.29. The summed E-state index contributed by atoms with van der Waals surface area (Å²) in [4.78, 5) is 0. The molecule has 0 aromatic rings. The molecule has 0 spiro atoms. The minimum Gasteiger partial charge on any atom is -0.396 e. The van der Waals surface area contributed by atoms with Gasteiger partial charge in [-0.3, -0.25) is 0 Å². The number of hydrogen-bond donors (Lipinski definition) is 1. The molecular formula is C5H11O. The van der Waals surface area contributed by atoms with Gasteiger partial charge in [0.05, 0.1) is 0 Å². The van der Waals surface area contributed by atoms with Crippen molar-refractivity contribution in [2.45, 2.75) is 13.3 Å². The van der Waals surface area contributed by atoms with E-state index in [-0.39, 0.29) is 6.61 Å². The highest BCUT2D eigenvalue weighted by Gasteiger charge is 1.90. The molecule has 0 aliphatic rings. The normalized spacial score (nSPS) is 14.5. The summed E-state index contributed by atoms with van der Waals surface area (Å²) in [6.45, 7) is 5.83. The third kappa shape index (κ3) is 2.21. The van der Waals surface area contributed by atoms with Gasteiger partial charge in [0.1, 0.15) is 0 Å². The minimum absolute atomic E-state index is 0.267. The molecule has 0 rings (SSSR count). The molecule has 1 nitrogen and oxygen atoms in total. The fourth-order valence-electron chi connectivity index (χ4n) is 0.0913. The van der Waals surface area contributed by atoms with Gasteiger partial charge in [0.15, 0.2) is 0 Å². The van der Waals surface area contributed by atoms with Crippen LogP contribution in [0, 0.1) is 12.8 Å². The molecule has 1 N–H and O–H groups in total. The molecule has 1 atom stereocenters. The van der Waals surface area contributed by atoms with Crippen LogP contribution in [-0.2, 0) is 0 Å². The lowest BCUT2D eigenvalue weighted by molar-refractivity contribution is 0.238. The first-order valence-electron chi connectivity index (χ1n) is 2.21. The van der Waals surface area contributed by atoms with E-state index in [1.165, 1.54) is 0 Å². The van der Waals surface area contributed by atoms with Crippen molar-refractivity contribution in [2.75, 3.05) is 6.61 Å². The molecule has 37 valence electrons. The van der Waals surface area contributed by atoms with Crippen LogP contribution in [0.15, 0.2) is 0 Å². The highest BCUT2D eigenvalue weighted by molar-refractivity contribution is 4.48. The first kappa shape index (κ1) is 5.96. The van der Waals surface area contributed by atoms with Crippen molar-refractivity contribution < 1.29 is 5.11 Å². The van der Waals surface area contributed by atoms with E-state index in [0.717, 1.165) is 6.42 Å². The maximum Gasteiger partial charge on any atom is 0.0456 e. The molecular weight excluding hydrogens is 76.1 g/mol. The van der Waals surface area contributed by atoms with Crippen LogP contribution in [0.25, 0.3) is 0 Å². The molecule has 0 unspecified atom stereocenters. The van der Waals surface area contributed by atoms with Gasteiger partial charge in [-0.25, -0.2) is 0 Å². The first-order valence-corrected chi connectivity index (χ1v) is 2.21. The topological polar surface area (TPSA) is 20.2 Å². The van der Waals surface area contributed by atoms with E-state index >= 15 is 0 Å². The Morgan fingerprint density at radius 3 is 2.33 bits per heavy atom. The van der Waals surface area contributed by atoms with Crippen LogP contribution in [0.3, 0.4) is 0 Å². The molecule has 0 amide bonds. The quantitative estimate of drug-likeness (QED) is 0.529. The Hall–Kier alpha value is -0.0400. The monoisotopic (exact) mass is 87.1 g/mol. The van der Waals surface area contributed by atoms with Crippen LogP contribution in [0.5, 0.6) is 0 Å². The predicted molar refractivity (Wildman–Crippen MR) is 26.2 cm³/mol. The third-order valence-corrected chi connectivity index (χ3v) is 0.804. The van der Waals surface area contributed by atoms with Crippen molar-refractivity contribution in [3.63, 3.8) is 0 Å². The van der Waals surface area contributed by atoms with Gasteiger partial charge in [0.2, 0.25) is 0 Å². The van der Waals surface area contributed by atoms with E-state index in [1.54, 1.807) is 0 Å². The summed E-state index contributed by atoms with van der Waals surface area (Å²) >= 11 is 0. The second kappa shape index (κ2) is 3.16. The van der Waals surface area contributed by atoms with Crippen LogP contribution in [-0.4, -0.2) is 11.7 Å². The Bertz CT molecular complexity index is 23.1. The highest BCUT2D eigenvalue weighted by Crippen LogP contribution is 1.94. The standard InChI is InChI=1S/C5H11O/c1-3-5(2)4-6/h5-6H,1,3-4H2,2H3/t5-/m1/s1. The SMILES string of the molecule is [CH2]C[C@@H](C)CO. The number of hydrogen-bond acceptors (Lipinski definition) is 1. The zero-order chi connectivity index (χ0) is 4.99. The highest BCUT2D eigenvalue weighted by atomic mass is 16.3. The van der Waals surface area contributed by atoms with E-state index in [4.69, 9.17) is 5.11 Å². The maximum absolute atomic E-state index is 8.29. The van der Waals surface area contributed by atoms with Crippen molar-refractivity contribution in [3.8, 4) is 0 Å². The predicted octanol–water partition coefficient (Wildman–Crippen LogP) is 0.839. The van der Waals surface area contributed by atoms with Gasteiger partial charge in [-0.05, 0) is 12.3 Å². The molecule has 0 saturated carbocycles. The number of aliphatic hydroxyl groups is 1. The second-order valence-corrected chi connectivity index (χ2v) is 1.58. The third-order valence-electron chi connectivity index (χ3n) is 0.804. The minimum atomic E-state index is 0.267. The van der Waals surface area contributed by atoms with E-state index in [9.17, 15) is 0 Å². The Morgan fingerprint density at radius 2 is 2.33 bits per heavy atom. The van der Waals surface area contributed by atoms with Gasteiger partial charge in [-0.15, -0.1) is 0 Å². The zero-order valence-electron chi connectivity index (χ0n) is 4.15. The Balaban J connectivity index is 2.75. The smallest absolute Gasteiger partial charge is 0.0456 e. The Labute approximate surface area is 39.0 Å². The van der Waals surface area contributed by atoms with Crippen molar-refractivity contribution in [1.82, 2.24) is 0 Å². The number of rotatable bonds is 2. The summed E-state index contributed by atoms with van der Waals surface area (Å²) in [5.41, 5.74) is 0. The molecule has 0 saturated heterocycles. The van der Waals surface area contributed by atoms with E-state index in [1.807, 2.05) is 6.92 Å². The van der Waals surface area contributed by atoms with Crippen LogP contribution < -0.4 is 0 Å². The van der Waals surface area contributed by atoms with Gasteiger partial charge < -0.3 is 5.11 Å². The average molecular weight is 87.1 g/mol.